The van der Waals surface area contributed by atoms with E-state index in [0.717, 1.165) is 35.4 Å². The van der Waals surface area contributed by atoms with E-state index in [1.165, 1.54) is 0 Å². The maximum Gasteiger partial charge on any atom is 0.162 e. The molecule has 146 valence electrons. The lowest BCUT2D eigenvalue weighted by Gasteiger charge is -2.36. The van der Waals surface area contributed by atoms with Crippen LogP contribution in [0.1, 0.15) is 13.8 Å². The SMILES string of the molecule is COc1cc2nc(-c3ccccc3)nc(N3C[C@@H](C)O[C@@H](C)C3)c2cc1OC. The van der Waals surface area contributed by atoms with Gasteiger partial charge >= 0.3 is 0 Å². The number of hydrogen-bond donors (Lipinski definition) is 0. The third-order valence-electron chi connectivity index (χ3n) is 4.93. The summed E-state index contributed by atoms with van der Waals surface area (Å²) in [5, 5.41) is 0.943. The van der Waals surface area contributed by atoms with Crippen LogP contribution in [0.5, 0.6) is 11.5 Å². The Morgan fingerprint density at radius 3 is 2.21 bits per heavy atom. The topological polar surface area (TPSA) is 56.7 Å². The van der Waals surface area contributed by atoms with Crippen molar-refractivity contribution in [2.24, 2.45) is 0 Å². The van der Waals surface area contributed by atoms with Crippen LogP contribution in [-0.2, 0) is 4.74 Å². The third kappa shape index (κ3) is 3.47. The number of methoxy groups -OCH3 is 2. The molecular formula is C22H25N3O3. The van der Waals surface area contributed by atoms with Crippen LogP contribution in [-0.4, -0.2) is 49.5 Å². The Labute approximate surface area is 165 Å². The van der Waals surface area contributed by atoms with Crippen LogP contribution in [0.2, 0.25) is 0 Å². The summed E-state index contributed by atoms with van der Waals surface area (Å²) in [5.74, 6) is 2.91. The molecule has 1 aliphatic heterocycles. The van der Waals surface area contributed by atoms with Crippen molar-refractivity contribution in [3.8, 4) is 22.9 Å². The molecule has 0 radical (unpaired) electrons. The fraction of sp³-hybridized carbons (Fsp3) is 0.364. The highest BCUT2D eigenvalue weighted by Gasteiger charge is 2.26. The first-order chi connectivity index (χ1) is 13.6. The van der Waals surface area contributed by atoms with Gasteiger partial charge in [-0.25, -0.2) is 9.97 Å². The molecule has 6 heteroatoms. The molecule has 1 aromatic heterocycles. The molecule has 4 rings (SSSR count). The van der Waals surface area contributed by atoms with Gasteiger partial charge in [0.2, 0.25) is 0 Å². The number of morpholine rings is 1. The summed E-state index contributed by atoms with van der Waals surface area (Å²) in [7, 11) is 3.27. The predicted molar refractivity (Wildman–Crippen MR) is 110 cm³/mol. The lowest BCUT2D eigenvalue weighted by Crippen LogP contribution is -2.46. The third-order valence-corrected chi connectivity index (χ3v) is 4.93. The predicted octanol–water partition coefficient (Wildman–Crippen LogP) is 3.93. The second kappa shape index (κ2) is 7.64. The molecule has 1 aliphatic rings. The van der Waals surface area contributed by atoms with E-state index < -0.39 is 0 Å². The summed E-state index contributed by atoms with van der Waals surface area (Å²) >= 11 is 0. The first-order valence-electron chi connectivity index (χ1n) is 9.48. The molecule has 3 aromatic rings. The Kier molecular flexibility index (Phi) is 5.05. The second-order valence-corrected chi connectivity index (χ2v) is 7.12. The van der Waals surface area contributed by atoms with Crippen molar-refractivity contribution in [3.63, 3.8) is 0 Å². The highest BCUT2D eigenvalue weighted by molar-refractivity contribution is 5.93. The fourth-order valence-corrected chi connectivity index (χ4v) is 3.75. The number of nitrogens with zero attached hydrogens (tertiary/aromatic N) is 3. The van der Waals surface area contributed by atoms with Crippen molar-refractivity contribution < 1.29 is 14.2 Å². The van der Waals surface area contributed by atoms with Crippen LogP contribution in [0.3, 0.4) is 0 Å². The number of rotatable bonds is 4. The standard InChI is InChI=1S/C22H25N3O3/c1-14-12-25(13-15(2)28-14)22-17-10-19(26-3)20(27-4)11-18(17)23-21(24-22)16-8-6-5-7-9-16/h5-11,14-15H,12-13H2,1-4H3/t14-,15+. The van der Waals surface area contributed by atoms with Crippen molar-refractivity contribution in [1.29, 1.82) is 0 Å². The number of hydrogen-bond acceptors (Lipinski definition) is 6. The number of ether oxygens (including phenoxy) is 3. The van der Waals surface area contributed by atoms with Gasteiger partial charge in [-0.15, -0.1) is 0 Å². The van der Waals surface area contributed by atoms with Crippen LogP contribution in [0.15, 0.2) is 42.5 Å². The number of aromatic nitrogens is 2. The van der Waals surface area contributed by atoms with Gasteiger partial charge in [0.25, 0.3) is 0 Å². The molecule has 2 heterocycles. The van der Waals surface area contributed by atoms with Gasteiger partial charge in [0.05, 0.1) is 31.9 Å². The lowest BCUT2D eigenvalue weighted by molar-refractivity contribution is -0.00536. The first kappa shape index (κ1) is 18.5. The molecule has 1 fully saturated rings. The number of fused-ring (bicyclic) bond motifs is 1. The van der Waals surface area contributed by atoms with Crippen LogP contribution < -0.4 is 14.4 Å². The van der Waals surface area contributed by atoms with E-state index in [1.807, 2.05) is 42.5 Å². The van der Waals surface area contributed by atoms with E-state index in [0.29, 0.717) is 17.3 Å². The Morgan fingerprint density at radius 1 is 0.929 bits per heavy atom. The van der Waals surface area contributed by atoms with Gasteiger partial charge in [-0.1, -0.05) is 30.3 Å². The molecule has 0 N–H and O–H groups in total. The molecule has 0 saturated carbocycles. The summed E-state index contributed by atoms with van der Waals surface area (Å²) in [6, 6.07) is 13.9. The summed E-state index contributed by atoms with van der Waals surface area (Å²) in [4.78, 5) is 12.1. The second-order valence-electron chi connectivity index (χ2n) is 7.12. The summed E-state index contributed by atoms with van der Waals surface area (Å²) in [5.41, 5.74) is 1.81. The average molecular weight is 379 g/mol. The number of benzene rings is 2. The van der Waals surface area contributed by atoms with Gasteiger partial charge < -0.3 is 19.1 Å². The van der Waals surface area contributed by atoms with Crippen LogP contribution in [0, 0.1) is 0 Å². The Balaban J connectivity index is 1.94. The van der Waals surface area contributed by atoms with Crippen molar-refractivity contribution >= 4 is 16.7 Å². The summed E-state index contributed by atoms with van der Waals surface area (Å²) in [6.07, 6.45) is 0.267. The maximum absolute atomic E-state index is 5.92. The molecule has 2 atom stereocenters. The minimum Gasteiger partial charge on any atom is -0.493 e. The van der Waals surface area contributed by atoms with Crippen LogP contribution >= 0.6 is 0 Å². The molecule has 0 bridgehead atoms. The largest absolute Gasteiger partial charge is 0.493 e. The number of anilines is 1. The van der Waals surface area contributed by atoms with E-state index in [4.69, 9.17) is 24.2 Å². The van der Waals surface area contributed by atoms with Gasteiger partial charge in [0.1, 0.15) is 5.82 Å². The van der Waals surface area contributed by atoms with Gasteiger partial charge in [-0.2, -0.15) is 0 Å². The van der Waals surface area contributed by atoms with Crippen molar-refractivity contribution in [1.82, 2.24) is 9.97 Å². The lowest BCUT2D eigenvalue weighted by atomic mass is 10.1. The minimum atomic E-state index is 0.133. The van der Waals surface area contributed by atoms with Crippen molar-refractivity contribution in [2.75, 3.05) is 32.2 Å². The van der Waals surface area contributed by atoms with Gasteiger partial charge in [-0.3, -0.25) is 0 Å². The zero-order valence-corrected chi connectivity index (χ0v) is 16.7. The molecule has 6 nitrogen and oxygen atoms in total. The highest BCUT2D eigenvalue weighted by atomic mass is 16.5. The molecule has 0 amide bonds. The van der Waals surface area contributed by atoms with Crippen molar-refractivity contribution in [3.05, 3.63) is 42.5 Å². The summed E-state index contributed by atoms with van der Waals surface area (Å²) < 4.78 is 16.9. The van der Waals surface area contributed by atoms with E-state index >= 15 is 0 Å². The molecular weight excluding hydrogens is 354 g/mol. The van der Waals surface area contributed by atoms with Gasteiger partial charge in [0.15, 0.2) is 17.3 Å². The minimum absolute atomic E-state index is 0.133. The Bertz CT molecular complexity index is 968. The molecule has 0 spiro atoms. The Morgan fingerprint density at radius 2 is 1.57 bits per heavy atom. The molecule has 2 aromatic carbocycles. The quantitative estimate of drug-likeness (QED) is 0.685. The van der Waals surface area contributed by atoms with Crippen LogP contribution in [0.4, 0.5) is 5.82 Å². The van der Waals surface area contributed by atoms with E-state index in [2.05, 4.69) is 18.7 Å². The van der Waals surface area contributed by atoms with E-state index in [9.17, 15) is 0 Å². The zero-order valence-electron chi connectivity index (χ0n) is 16.7. The molecule has 1 saturated heterocycles. The monoisotopic (exact) mass is 379 g/mol. The highest BCUT2D eigenvalue weighted by Crippen LogP contribution is 2.37. The zero-order chi connectivity index (χ0) is 19.7. The smallest absolute Gasteiger partial charge is 0.162 e. The van der Waals surface area contributed by atoms with Gasteiger partial charge in [-0.05, 0) is 19.9 Å². The van der Waals surface area contributed by atoms with Crippen LogP contribution in [0.25, 0.3) is 22.3 Å². The fourth-order valence-electron chi connectivity index (χ4n) is 3.75. The summed E-state index contributed by atoms with van der Waals surface area (Å²) in [6.45, 7) is 5.74. The molecule has 0 aliphatic carbocycles. The molecule has 28 heavy (non-hydrogen) atoms. The average Bonchev–Trinajstić information content (AvgIpc) is 2.71. The Hall–Kier alpha value is -2.86. The van der Waals surface area contributed by atoms with E-state index in [1.54, 1.807) is 14.2 Å². The molecule has 0 unspecified atom stereocenters. The maximum atomic E-state index is 5.92. The van der Waals surface area contributed by atoms with Crippen molar-refractivity contribution in [2.45, 2.75) is 26.1 Å². The van der Waals surface area contributed by atoms with E-state index in [-0.39, 0.29) is 12.2 Å². The van der Waals surface area contributed by atoms with Gasteiger partial charge in [0, 0.05) is 30.1 Å². The normalized spacial score (nSPS) is 19.6. The first-order valence-corrected chi connectivity index (χ1v) is 9.48.